The van der Waals surface area contributed by atoms with E-state index in [1.54, 1.807) is 0 Å². The van der Waals surface area contributed by atoms with Gasteiger partial charge >= 0.3 is 0 Å². The first-order valence-corrected chi connectivity index (χ1v) is 9.33. The van der Waals surface area contributed by atoms with E-state index in [9.17, 15) is 4.79 Å². The molecule has 0 heterocycles. The summed E-state index contributed by atoms with van der Waals surface area (Å²) in [5, 5.41) is 3.32. The van der Waals surface area contributed by atoms with Crippen molar-refractivity contribution < 1.29 is 4.79 Å². The lowest BCUT2D eigenvalue weighted by molar-refractivity contribution is -0.124. The number of hydrogen-bond acceptors (Lipinski definition) is 2. The number of carbonyl (C=O) groups excluding carboxylic acids is 1. The standard InChI is InChI=1S/C20H21BrN2O.ClH/c21-15-5-2-4-14(12-15)20(9-10-20)19(24)23-18-6-1-3-13-11-16(22)7-8-17(13)18;/h2,4-5,7-8,11-12,18H,1,3,6,9-10,22H2,(H,23,24);1H. The number of carbonyl (C=O) groups is 1. The van der Waals surface area contributed by atoms with E-state index < -0.39 is 0 Å². The number of hydrogen-bond donors (Lipinski definition) is 2. The van der Waals surface area contributed by atoms with Crippen LogP contribution in [0.2, 0.25) is 0 Å². The Hall–Kier alpha value is -1.52. The summed E-state index contributed by atoms with van der Waals surface area (Å²) in [5.74, 6) is 0.162. The molecule has 25 heavy (non-hydrogen) atoms. The second kappa shape index (κ2) is 7.00. The van der Waals surface area contributed by atoms with Gasteiger partial charge < -0.3 is 11.1 Å². The fourth-order valence-electron chi connectivity index (χ4n) is 3.84. The van der Waals surface area contributed by atoms with Crippen LogP contribution in [0.15, 0.2) is 46.9 Å². The van der Waals surface area contributed by atoms with Crippen LogP contribution in [-0.4, -0.2) is 5.91 Å². The van der Waals surface area contributed by atoms with Gasteiger partial charge in [-0.2, -0.15) is 0 Å². The summed E-state index contributed by atoms with van der Waals surface area (Å²) >= 11 is 3.51. The van der Waals surface area contributed by atoms with Crippen LogP contribution in [-0.2, 0) is 16.6 Å². The van der Waals surface area contributed by atoms with E-state index in [0.717, 1.165) is 47.8 Å². The largest absolute Gasteiger partial charge is 0.399 e. The van der Waals surface area contributed by atoms with Crippen LogP contribution in [0.1, 0.15) is 48.4 Å². The van der Waals surface area contributed by atoms with E-state index in [0.29, 0.717) is 0 Å². The summed E-state index contributed by atoms with van der Waals surface area (Å²) in [4.78, 5) is 13.0. The van der Waals surface area contributed by atoms with Crippen LogP contribution >= 0.6 is 28.3 Å². The Labute approximate surface area is 162 Å². The Morgan fingerprint density at radius 3 is 2.72 bits per heavy atom. The normalized spacial score (nSPS) is 20.1. The summed E-state index contributed by atoms with van der Waals surface area (Å²) in [6.07, 6.45) is 4.99. The summed E-state index contributed by atoms with van der Waals surface area (Å²) in [5.41, 5.74) is 9.99. The van der Waals surface area contributed by atoms with Gasteiger partial charge in [0.1, 0.15) is 0 Å². The highest BCUT2D eigenvalue weighted by atomic mass is 79.9. The van der Waals surface area contributed by atoms with E-state index in [1.807, 2.05) is 18.2 Å². The highest BCUT2D eigenvalue weighted by Crippen LogP contribution is 2.49. The van der Waals surface area contributed by atoms with Crippen LogP contribution in [0, 0.1) is 0 Å². The van der Waals surface area contributed by atoms with Crippen LogP contribution in [0.4, 0.5) is 5.69 Å². The molecule has 0 bridgehead atoms. The molecule has 2 aromatic carbocycles. The van der Waals surface area contributed by atoms with Gasteiger partial charge in [-0.25, -0.2) is 0 Å². The zero-order valence-electron chi connectivity index (χ0n) is 13.9. The van der Waals surface area contributed by atoms with Crippen molar-refractivity contribution in [2.45, 2.75) is 43.6 Å². The highest BCUT2D eigenvalue weighted by molar-refractivity contribution is 9.10. The smallest absolute Gasteiger partial charge is 0.231 e. The van der Waals surface area contributed by atoms with E-state index in [1.165, 1.54) is 11.1 Å². The van der Waals surface area contributed by atoms with Gasteiger partial charge in [0.2, 0.25) is 5.91 Å². The molecule has 0 radical (unpaired) electrons. The molecule has 1 atom stereocenters. The maximum Gasteiger partial charge on any atom is 0.231 e. The Morgan fingerprint density at radius 1 is 1.20 bits per heavy atom. The summed E-state index contributed by atoms with van der Waals surface area (Å²) in [6.45, 7) is 0. The number of nitrogens with one attached hydrogen (secondary N) is 1. The van der Waals surface area contributed by atoms with Crippen LogP contribution in [0.3, 0.4) is 0 Å². The van der Waals surface area contributed by atoms with E-state index in [4.69, 9.17) is 5.73 Å². The summed E-state index contributed by atoms with van der Waals surface area (Å²) in [6, 6.07) is 14.3. The molecule has 5 heteroatoms. The quantitative estimate of drug-likeness (QED) is 0.707. The Balaban J connectivity index is 0.00000182. The Kier molecular flexibility index (Phi) is 5.12. The lowest BCUT2D eigenvalue weighted by Crippen LogP contribution is -2.38. The molecular formula is C20H22BrClN2O. The fourth-order valence-corrected chi connectivity index (χ4v) is 4.24. The van der Waals surface area contributed by atoms with Crippen LogP contribution in [0.25, 0.3) is 0 Å². The molecule has 132 valence electrons. The molecule has 4 rings (SSSR count). The Bertz CT molecular complexity index is 804. The van der Waals surface area contributed by atoms with Gasteiger partial charge in [0.25, 0.3) is 0 Å². The first kappa shape index (κ1) is 18.3. The molecule has 3 N–H and O–H groups in total. The molecule has 3 nitrogen and oxygen atoms in total. The molecule has 0 aliphatic heterocycles. The zero-order chi connectivity index (χ0) is 16.7. The predicted molar refractivity (Wildman–Crippen MR) is 107 cm³/mol. The molecule has 1 saturated carbocycles. The predicted octanol–water partition coefficient (Wildman–Crippen LogP) is 4.68. The molecular weight excluding hydrogens is 400 g/mol. The van der Waals surface area contributed by atoms with Crippen molar-refractivity contribution in [3.63, 3.8) is 0 Å². The highest BCUT2D eigenvalue weighted by Gasteiger charge is 2.51. The monoisotopic (exact) mass is 420 g/mol. The molecule has 0 saturated heterocycles. The van der Waals surface area contributed by atoms with Gasteiger partial charge in [-0.3, -0.25) is 4.79 Å². The van der Waals surface area contributed by atoms with Crippen molar-refractivity contribution in [3.8, 4) is 0 Å². The number of aryl methyl sites for hydroxylation is 1. The van der Waals surface area contributed by atoms with Gasteiger partial charge in [-0.05, 0) is 73.1 Å². The van der Waals surface area contributed by atoms with Crippen molar-refractivity contribution in [3.05, 3.63) is 63.6 Å². The van der Waals surface area contributed by atoms with Crippen molar-refractivity contribution in [2.75, 3.05) is 5.73 Å². The number of nitrogen functional groups attached to an aromatic ring is 1. The lowest BCUT2D eigenvalue weighted by atomic mass is 9.86. The minimum absolute atomic E-state index is 0. The number of rotatable bonds is 3. The van der Waals surface area contributed by atoms with Crippen LogP contribution in [0.5, 0.6) is 0 Å². The number of benzene rings is 2. The van der Waals surface area contributed by atoms with E-state index >= 15 is 0 Å². The summed E-state index contributed by atoms with van der Waals surface area (Å²) < 4.78 is 1.03. The fraction of sp³-hybridized carbons (Fsp3) is 0.350. The third kappa shape index (κ3) is 3.42. The minimum atomic E-state index is -0.338. The van der Waals surface area contributed by atoms with Gasteiger partial charge in [0.05, 0.1) is 11.5 Å². The zero-order valence-corrected chi connectivity index (χ0v) is 16.3. The molecule has 1 unspecified atom stereocenters. The topological polar surface area (TPSA) is 55.1 Å². The maximum absolute atomic E-state index is 13.0. The van der Waals surface area contributed by atoms with Crippen molar-refractivity contribution in [1.29, 1.82) is 0 Å². The second-order valence-electron chi connectivity index (χ2n) is 6.97. The third-order valence-corrected chi connectivity index (χ3v) is 5.84. The molecule has 0 aromatic heterocycles. The number of anilines is 1. The van der Waals surface area contributed by atoms with Crippen molar-refractivity contribution in [1.82, 2.24) is 5.32 Å². The van der Waals surface area contributed by atoms with Gasteiger partial charge in [0.15, 0.2) is 0 Å². The number of amides is 1. The van der Waals surface area contributed by atoms with Crippen molar-refractivity contribution in [2.24, 2.45) is 0 Å². The summed E-state index contributed by atoms with van der Waals surface area (Å²) in [7, 11) is 0. The lowest BCUT2D eigenvalue weighted by Gasteiger charge is -2.28. The average molecular weight is 422 g/mol. The molecule has 1 amide bonds. The van der Waals surface area contributed by atoms with E-state index in [-0.39, 0.29) is 29.8 Å². The van der Waals surface area contributed by atoms with Gasteiger partial charge in [-0.1, -0.05) is 34.1 Å². The van der Waals surface area contributed by atoms with Gasteiger partial charge in [0, 0.05) is 10.2 Å². The molecule has 0 spiro atoms. The first-order chi connectivity index (χ1) is 11.6. The molecule has 1 fully saturated rings. The first-order valence-electron chi connectivity index (χ1n) is 8.54. The number of nitrogens with two attached hydrogens (primary N) is 1. The number of halogens is 2. The molecule has 2 aliphatic carbocycles. The SMILES string of the molecule is Cl.Nc1ccc2c(c1)CCCC2NC(=O)C1(c2cccc(Br)c2)CC1. The van der Waals surface area contributed by atoms with E-state index in [2.05, 4.69) is 45.5 Å². The average Bonchev–Trinajstić information content (AvgIpc) is 3.36. The second-order valence-corrected chi connectivity index (χ2v) is 7.88. The molecule has 2 aliphatic rings. The maximum atomic E-state index is 13.0. The van der Waals surface area contributed by atoms with Crippen molar-refractivity contribution >= 4 is 39.9 Å². The van der Waals surface area contributed by atoms with Crippen LogP contribution < -0.4 is 11.1 Å². The van der Waals surface area contributed by atoms with Gasteiger partial charge in [-0.15, -0.1) is 12.4 Å². The number of fused-ring (bicyclic) bond motifs is 1. The minimum Gasteiger partial charge on any atom is -0.399 e. The Morgan fingerprint density at radius 2 is 2.00 bits per heavy atom. The third-order valence-electron chi connectivity index (χ3n) is 5.35. The molecule has 2 aromatic rings.